The molecule has 1 unspecified atom stereocenters. The van der Waals surface area contributed by atoms with Crippen molar-refractivity contribution in [2.75, 3.05) is 19.7 Å². The quantitative estimate of drug-likeness (QED) is 0.349. The molecule has 0 aliphatic heterocycles. The Bertz CT molecular complexity index is 1060. The maximum atomic E-state index is 13.4. The molecule has 0 fully saturated rings. The molecule has 0 saturated heterocycles. The number of aliphatic carboxylic acids is 1. The molecule has 0 aliphatic rings. The van der Waals surface area contributed by atoms with Crippen LogP contribution in [0, 0.1) is 6.92 Å². The Morgan fingerprint density at radius 3 is 2.48 bits per heavy atom. The summed E-state index contributed by atoms with van der Waals surface area (Å²) < 4.78 is 33.5. The normalized spacial score (nSPS) is 12.7. The smallest absolute Gasteiger partial charge is 0.341 e. The minimum atomic E-state index is -3.68. The molecule has 182 valence electrons. The van der Waals surface area contributed by atoms with Gasteiger partial charge >= 0.3 is 5.97 Å². The molecule has 2 aromatic rings. The van der Waals surface area contributed by atoms with E-state index in [0.29, 0.717) is 30.3 Å². The number of halogens is 1. The van der Waals surface area contributed by atoms with Crippen LogP contribution in [0.4, 0.5) is 0 Å². The van der Waals surface area contributed by atoms with E-state index in [4.69, 9.17) is 21.4 Å². The molecular weight excluding hydrogens is 482 g/mol. The second-order valence-corrected chi connectivity index (χ2v) is 11.8. The van der Waals surface area contributed by atoms with E-state index in [9.17, 15) is 13.2 Å². The summed E-state index contributed by atoms with van der Waals surface area (Å²) >= 11 is 7.91. The number of thioether (sulfide) groups is 1. The fourth-order valence-corrected chi connectivity index (χ4v) is 6.61. The van der Waals surface area contributed by atoms with Crippen LogP contribution in [0.3, 0.4) is 0 Å². The Balaban J connectivity index is 2.14. The van der Waals surface area contributed by atoms with E-state index < -0.39 is 22.6 Å². The van der Waals surface area contributed by atoms with Gasteiger partial charge in [-0.1, -0.05) is 44.9 Å². The maximum Gasteiger partial charge on any atom is 0.341 e. The minimum Gasteiger partial charge on any atom is -0.482 e. The van der Waals surface area contributed by atoms with Gasteiger partial charge in [0.25, 0.3) is 0 Å². The third-order valence-electron chi connectivity index (χ3n) is 4.95. The molecule has 0 saturated carbocycles. The highest BCUT2D eigenvalue weighted by Crippen LogP contribution is 2.30. The molecule has 0 heterocycles. The first-order valence-electron chi connectivity index (χ1n) is 11.0. The van der Waals surface area contributed by atoms with Crippen molar-refractivity contribution in [2.24, 2.45) is 0 Å². The molecule has 0 amide bonds. The van der Waals surface area contributed by atoms with Crippen LogP contribution in [0.25, 0.3) is 0 Å². The van der Waals surface area contributed by atoms with Crippen molar-refractivity contribution in [3.8, 4) is 5.75 Å². The predicted molar refractivity (Wildman–Crippen MR) is 134 cm³/mol. The topological polar surface area (TPSA) is 83.9 Å². The third-order valence-corrected chi connectivity index (χ3v) is 8.24. The molecule has 1 N–H and O–H groups in total. The number of benzene rings is 2. The fourth-order valence-electron chi connectivity index (χ4n) is 3.42. The van der Waals surface area contributed by atoms with Crippen LogP contribution in [0.2, 0.25) is 5.02 Å². The number of hydrogen-bond donors (Lipinski definition) is 1. The van der Waals surface area contributed by atoms with Crippen molar-refractivity contribution in [1.82, 2.24) is 4.31 Å². The van der Waals surface area contributed by atoms with Crippen LogP contribution in [0.1, 0.15) is 44.7 Å². The molecule has 2 aromatic carbocycles. The Hall–Kier alpha value is -1.74. The molecule has 1 atom stereocenters. The highest BCUT2D eigenvalue weighted by atomic mass is 35.5. The first kappa shape index (κ1) is 27.5. The van der Waals surface area contributed by atoms with E-state index in [1.807, 2.05) is 32.9 Å². The number of aryl methyl sites for hydroxylation is 2. The van der Waals surface area contributed by atoms with Gasteiger partial charge in [0.15, 0.2) is 6.61 Å². The van der Waals surface area contributed by atoms with Gasteiger partial charge in [0, 0.05) is 28.3 Å². The Morgan fingerprint density at radius 1 is 1.18 bits per heavy atom. The molecule has 6 nitrogen and oxygen atoms in total. The SMILES string of the molecule is CCCc1ccc(S(=O)(=O)N(CCC)CC(C)Sc2ccc(OCC(=O)O)c(C)c2)cc1Cl. The summed E-state index contributed by atoms with van der Waals surface area (Å²) in [7, 11) is -3.68. The summed E-state index contributed by atoms with van der Waals surface area (Å²) in [6, 6.07) is 10.5. The van der Waals surface area contributed by atoms with E-state index in [1.165, 1.54) is 4.31 Å². The predicted octanol–water partition coefficient (Wildman–Crippen LogP) is 5.65. The Labute approximate surface area is 206 Å². The van der Waals surface area contributed by atoms with E-state index in [1.54, 1.807) is 36.0 Å². The van der Waals surface area contributed by atoms with Crippen LogP contribution in [0.5, 0.6) is 5.75 Å². The Kier molecular flexibility index (Phi) is 10.5. The van der Waals surface area contributed by atoms with Crippen molar-refractivity contribution in [3.63, 3.8) is 0 Å². The number of nitrogens with zero attached hydrogens (tertiary/aromatic N) is 1. The largest absolute Gasteiger partial charge is 0.482 e. The molecule has 0 spiro atoms. The minimum absolute atomic E-state index is 0.00801. The van der Waals surface area contributed by atoms with Gasteiger partial charge < -0.3 is 9.84 Å². The summed E-state index contributed by atoms with van der Waals surface area (Å²) in [6.45, 7) is 8.24. The van der Waals surface area contributed by atoms with Crippen LogP contribution in [0.15, 0.2) is 46.2 Å². The van der Waals surface area contributed by atoms with Gasteiger partial charge in [0.2, 0.25) is 10.0 Å². The lowest BCUT2D eigenvalue weighted by molar-refractivity contribution is -0.139. The molecule has 0 bridgehead atoms. The summed E-state index contributed by atoms with van der Waals surface area (Å²) in [4.78, 5) is 11.9. The Morgan fingerprint density at radius 2 is 1.91 bits per heavy atom. The zero-order chi connectivity index (χ0) is 24.6. The molecule has 0 radical (unpaired) electrons. The van der Waals surface area contributed by atoms with E-state index in [-0.39, 0.29) is 10.1 Å². The number of carbonyl (C=O) groups is 1. The third kappa shape index (κ3) is 7.91. The lowest BCUT2D eigenvalue weighted by Gasteiger charge is -2.25. The highest BCUT2D eigenvalue weighted by Gasteiger charge is 2.26. The average Bonchev–Trinajstić information content (AvgIpc) is 2.74. The first-order chi connectivity index (χ1) is 15.6. The number of hydrogen-bond acceptors (Lipinski definition) is 5. The number of rotatable bonds is 13. The van der Waals surface area contributed by atoms with Crippen molar-refractivity contribution in [3.05, 3.63) is 52.5 Å². The van der Waals surface area contributed by atoms with Crippen LogP contribution >= 0.6 is 23.4 Å². The molecule has 9 heteroatoms. The van der Waals surface area contributed by atoms with Gasteiger partial charge in [0.05, 0.1) is 4.90 Å². The van der Waals surface area contributed by atoms with Crippen molar-refractivity contribution in [1.29, 1.82) is 0 Å². The average molecular weight is 514 g/mol. The number of ether oxygens (including phenoxy) is 1. The van der Waals surface area contributed by atoms with E-state index in [0.717, 1.165) is 28.9 Å². The van der Waals surface area contributed by atoms with Gasteiger partial charge in [-0.3, -0.25) is 0 Å². The zero-order valence-electron chi connectivity index (χ0n) is 19.5. The van der Waals surface area contributed by atoms with E-state index >= 15 is 0 Å². The van der Waals surface area contributed by atoms with Crippen LogP contribution in [-0.2, 0) is 21.2 Å². The lowest BCUT2D eigenvalue weighted by Crippen LogP contribution is -2.36. The van der Waals surface area contributed by atoms with Gasteiger partial charge in [-0.15, -0.1) is 11.8 Å². The van der Waals surface area contributed by atoms with Gasteiger partial charge in [0.1, 0.15) is 5.75 Å². The van der Waals surface area contributed by atoms with Crippen molar-refractivity contribution in [2.45, 2.75) is 62.0 Å². The monoisotopic (exact) mass is 513 g/mol. The highest BCUT2D eigenvalue weighted by molar-refractivity contribution is 8.00. The lowest BCUT2D eigenvalue weighted by atomic mass is 10.1. The summed E-state index contributed by atoms with van der Waals surface area (Å²) in [5.74, 6) is -0.507. The summed E-state index contributed by atoms with van der Waals surface area (Å²) in [5.41, 5.74) is 1.78. The second kappa shape index (κ2) is 12.6. The van der Waals surface area contributed by atoms with Crippen LogP contribution < -0.4 is 4.74 Å². The number of carboxylic acid groups (broad SMARTS) is 1. The second-order valence-electron chi connectivity index (χ2n) is 7.90. The van der Waals surface area contributed by atoms with Crippen molar-refractivity contribution < 1.29 is 23.1 Å². The van der Waals surface area contributed by atoms with Gasteiger partial charge in [-0.05, 0) is 61.2 Å². The molecule has 0 aliphatic carbocycles. The number of carboxylic acids is 1. The maximum absolute atomic E-state index is 13.4. The fraction of sp³-hybridized carbons (Fsp3) is 0.458. The zero-order valence-corrected chi connectivity index (χ0v) is 21.9. The first-order valence-corrected chi connectivity index (χ1v) is 13.7. The standard InChI is InChI=1S/C24H32ClNO5S2/c1-5-7-19-8-10-21(14-22(19)25)33(29,30)26(12-6-2)15-18(4)32-20-9-11-23(17(3)13-20)31-16-24(27)28/h8-11,13-14,18H,5-7,12,15-16H2,1-4H3,(H,27,28). The molecule has 2 rings (SSSR count). The molecular formula is C24H32ClNO5S2. The van der Waals surface area contributed by atoms with Crippen LogP contribution in [-0.4, -0.2) is 48.7 Å². The summed E-state index contributed by atoms with van der Waals surface area (Å²) in [5, 5.41) is 9.25. The van der Waals surface area contributed by atoms with Gasteiger partial charge in [-0.25, -0.2) is 13.2 Å². The molecule has 33 heavy (non-hydrogen) atoms. The number of sulfonamides is 1. The van der Waals surface area contributed by atoms with Crippen molar-refractivity contribution >= 4 is 39.4 Å². The molecule has 0 aromatic heterocycles. The van der Waals surface area contributed by atoms with Gasteiger partial charge in [-0.2, -0.15) is 4.31 Å². The summed E-state index contributed by atoms with van der Waals surface area (Å²) in [6.07, 6.45) is 2.45. The van der Waals surface area contributed by atoms with E-state index in [2.05, 4.69) is 6.92 Å².